The molecule has 0 aromatic carbocycles. The van der Waals surface area contributed by atoms with Gasteiger partial charge in [0.15, 0.2) is 5.82 Å². The molecule has 1 fully saturated rings. The van der Waals surface area contributed by atoms with Gasteiger partial charge in [0.2, 0.25) is 5.89 Å². The normalized spacial score (nSPS) is 18.6. The number of aryl methyl sites for hydroxylation is 2. The van der Waals surface area contributed by atoms with E-state index in [1.54, 1.807) is 24.0 Å². The van der Waals surface area contributed by atoms with Crippen molar-refractivity contribution in [3.8, 4) is 0 Å². The number of hydrogen-bond donors (Lipinski definition) is 0. The van der Waals surface area contributed by atoms with Crippen molar-refractivity contribution in [1.82, 2.24) is 24.8 Å². The molecule has 7 nitrogen and oxygen atoms in total. The molecule has 0 saturated carbocycles. The summed E-state index contributed by atoms with van der Waals surface area (Å²) in [4.78, 5) is 19.1. The summed E-state index contributed by atoms with van der Waals surface area (Å²) in [6.07, 6.45) is 6.32. The molecule has 1 atom stereocenters. The number of hydrogen-bond acceptors (Lipinski definition) is 5. The maximum absolute atomic E-state index is 12.8. The third kappa shape index (κ3) is 2.75. The van der Waals surface area contributed by atoms with E-state index >= 15 is 0 Å². The number of carbonyl (C=O) groups excluding carboxylic acids is 1. The highest BCUT2D eigenvalue weighted by molar-refractivity contribution is 5.92. The molecule has 1 aliphatic heterocycles. The van der Waals surface area contributed by atoms with Crippen LogP contribution < -0.4 is 0 Å². The van der Waals surface area contributed by atoms with Crippen LogP contribution in [-0.2, 0) is 13.5 Å². The third-order valence-electron chi connectivity index (χ3n) is 4.05. The summed E-state index contributed by atoms with van der Waals surface area (Å²) in [5.74, 6) is 1.25. The van der Waals surface area contributed by atoms with Gasteiger partial charge in [0.25, 0.3) is 5.91 Å². The molecule has 0 bridgehead atoms. The van der Waals surface area contributed by atoms with Crippen LogP contribution in [-0.4, -0.2) is 37.3 Å². The maximum Gasteiger partial charge on any atom is 0.272 e. The van der Waals surface area contributed by atoms with E-state index in [1.807, 2.05) is 4.90 Å². The van der Waals surface area contributed by atoms with Gasteiger partial charge in [-0.1, -0.05) is 12.1 Å². The number of piperidine rings is 1. The van der Waals surface area contributed by atoms with Crippen molar-refractivity contribution in [3.05, 3.63) is 29.7 Å². The van der Waals surface area contributed by atoms with Gasteiger partial charge in [-0.05, 0) is 31.7 Å². The van der Waals surface area contributed by atoms with Crippen LogP contribution in [0.5, 0.6) is 0 Å². The Morgan fingerprint density at radius 3 is 3.05 bits per heavy atom. The topological polar surface area (TPSA) is 77.0 Å². The molecule has 7 heteroatoms. The lowest BCUT2D eigenvalue weighted by Crippen LogP contribution is -2.39. The second kappa shape index (κ2) is 6.29. The zero-order chi connectivity index (χ0) is 15.5. The van der Waals surface area contributed by atoms with Crippen molar-refractivity contribution >= 4 is 5.91 Å². The fourth-order valence-corrected chi connectivity index (χ4v) is 2.89. The summed E-state index contributed by atoms with van der Waals surface area (Å²) in [6, 6.07) is 1.61. The van der Waals surface area contributed by atoms with Crippen molar-refractivity contribution in [2.75, 3.05) is 6.54 Å². The fraction of sp³-hybridized carbons (Fsp3) is 0.600. The van der Waals surface area contributed by atoms with Gasteiger partial charge in [-0.2, -0.15) is 10.1 Å². The van der Waals surface area contributed by atoms with E-state index in [9.17, 15) is 4.79 Å². The molecule has 3 heterocycles. The Morgan fingerprint density at radius 1 is 1.45 bits per heavy atom. The van der Waals surface area contributed by atoms with Crippen molar-refractivity contribution in [1.29, 1.82) is 0 Å². The standard InChI is InChI=1S/C15H21N5O2/c1-3-6-13-17-14(22-18-13)11-7-4-5-10-20(11)15(21)12-8-9-16-19(12)2/h8-9,11H,3-7,10H2,1-2H3. The highest BCUT2D eigenvalue weighted by Gasteiger charge is 2.33. The minimum Gasteiger partial charge on any atom is -0.337 e. The van der Waals surface area contributed by atoms with Crippen LogP contribution in [0.2, 0.25) is 0 Å². The molecule has 1 saturated heterocycles. The number of likely N-dealkylation sites (tertiary alicyclic amines) is 1. The first kappa shape index (κ1) is 14.7. The fourth-order valence-electron chi connectivity index (χ4n) is 2.89. The summed E-state index contributed by atoms with van der Waals surface area (Å²) >= 11 is 0. The van der Waals surface area contributed by atoms with Crippen LogP contribution in [0.1, 0.15) is 60.9 Å². The van der Waals surface area contributed by atoms with Gasteiger partial charge in [0.05, 0.1) is 0 Å². The molecule has 2 aromatic rings. The first-order chi connectivity index (χ1) is 10.7. The number of aromatic nitrogens is 4. The van der Waals surface area contributed by atoms with E-state index in [-0.39, 0.29) is 11.9 Å². The number of rotatable bonds is 4. The highest BCUT2D eigenvalue weighted by Crippen LogP contribution is 2.31. The Bertz CT molecular complexity index is 648. The smallest absolute Gasteiger partial charge is 0.272 e. The molecule has 2 aromatic heterocycles. The van der Waals surface area contributed by atoms with Gasteiger partial charge in [0, 0.05) is 26.2 Å². The van der Waals surface area contributed by atoms with E-state index in [2.05, 4.69) is 22.2 Å². The van der Waals surface area contributed by atoms with Gasteiger partial charge in [-0.15, -0.1) is 0 Å². The first-order valence-electron chi connectivity index (χ1n) is 7.82. The van der Waals surface area contributed by atoms with Crippen molar-refractivity contribution in [2.24, 2.45) is 7.05 Å². The Balaban J connectivity index is 1.84. The van der Waals surface area contributed by atoms with E-state index in [0.717, 1.165) is 37.9 Å². The molecule has 1 aliphatic rings. The Labute approximate surface area is 129 Å². The highest BCUT2D eigenvalue weighted by atomic mass is 16.5. The molecule has 1 unspecified atom stereocenters. The van der Waals surface area contributed by atoms with Crippen LogP contribution in [0.4, 0.5) is 0 Å². The summed E-state index contributed by atoms with van der Waals surface area (Å²) in [5, 5.41) is 8.09. The van der Waals surface area contributed by atoms with Crippen molar-refractivity contribution < 1.29 is 9.32 Å². The molecule has 0 radical (unpaired) electrons. The van der Waals surface area contributed by atoms with Crippen molar-refractivity contribution in [3.63, 3.8) is 0 Å². The van der Waals surface area contributed by atoms with Crippen LogP contribution >= 0.6 is 0 Å². The second-order valence-corrected chi connectivity index (χ2v) is 5.65. The zero-order valence-electron chi connectivity index (χ0n) is 13.0. The van der Waals surface area contributed by atoms with Gasteiger partial charge in [0.1, 0.15) is 11.7 Å². The van der Waals surface area contributed by atoms with Crippen LogP contribution in [0.3, 0.4) is 0 Å². The van der Waals surface area contributed by atoms with Crippen LogP contribution in [0.25, 0.3) is 0 Å². The van der Waals surface area contributed by atoms with E-state index in [1.165, 1.54) is 0 Å². The third-order valence-corrected chi connectivity index (χ3v) is 4.05. The minimum absolute atomic E-state index is 0.0278. The van der Waals surface area contributed by atoms with Crippen LogP contribution in [0.15, 0.2) is 16.8 Å². The van der Waals surface area contributed by atoms with E-state index < -0.39 is 0 Å². The van der Waals surface area contributed by atoms with E-state index in [0.29, 0.717) is 18.1 Å². The Kier molecular flexibility index (Phi) is 4.22. The summed E-state index contributed by atoms with van der Waals surface area (Å²) < 4.78 is 7.01. The molecular weight excluding hydrogens is 282 g/mol. The first-order valence-corrected chi connectivity index (χ1v) is 7.82. The largest absolute Gasteiger partial charge is 0.337 e. The molecule has 22 heavy (non-hydrogen) atoms. The van der Waals surface area contributed by atoms with Gasteiger partial charge >= 0.3 is 0 Å². The van der Waals surface area contributed by atoms with E-state index in [4.69, 9.17) is 4.52 Å². The number of nitrogens with zero attached hydrogens (tertiary/aromatic N) is 5. The molecule has 118 valence electrons. The molecule has 1 amide bonds. The Morgan fingerprint density at radius 2 is 2.32 bits per heavy atom. The molecule has 0 spiro atoms. The Hall–Kier alpha value is -2.18. The lowest BCUT2D eigenvalue weighted by Gasteiger charge is -2.33. The monoisotopic (exact) mass is 303 g/mol. The molecule has 3 rings (SSSR count). The van der Waals surface area contributed by atoms with Gasteiger partial charge in [-0.3, -0.25) is 9.48 Å². The number of amides is 1. The average molecular weight is 303 g/mol. The van der Waals surface area contributed by atoms with Crippen molar-refractivity contribution in [2.45, 2.75) is 45.1 Å². The maximum atomic E-state index is 12.8. The predicted molar refractivity (Wildman–Crippen MR) is 79.1 cm³/mol. The predicted octanol–water partition coefficient (Wildman–Crippen LogP) is 2.12. The van der Waals surface area contributed by atoms with Crippen LogP contribution in [0, 0.1) is 0 Å². The molecular formula is C15H21N5O2. The lowest BCUT2D eigenvalue weighted by molar-refractivity contribution is 0.0550. The summed E-state index contributed by atoms with van der Waals surface area (Å²) in [6.45, 7) is 2.79. The SMILES string of the molecule is CCCc1noc(C2CCCCN2C(=O)c2ccnn2C)n1. The molecule has 0 aliphatic carbocycles. The summed E-state index contributed by atoms with van der Waals surface area (Å²) in [7, 11) is 1.78. The average Bonchev–Trinajstić information content (AvgIpc) is 3.16. The summed E-state index contributed by atoms with van der Waals surface area (Å²) in [5.41, 5.74) is 0.584. The minimum atomic E-state index is -0.130. The zero-order valence-corrected chi connectivity index (χ0v) is 13.0. The number of carbonyl (C=O) groups is 1. The lowest BCUT2D eigenvalue weighted by atomic mass is 10.0. The molecule has 0 N–H and O–H groups in total. The van der Waals surface area contributed by atoms with Gasteiger partial charge < -0.3 is 9.42 Å². The quantitative estimate of drug-likeness (QED) is 0.864. The second-order valence-electron chi connectivity index (χ2n) is 5.65. The van der Waals surface area contributed by atoms with Gasteiger partial charge in [-0.25, -0.2) is 0 Å².